The molecule has 3 heterocycles. The Hall–Kier alpha value is -3.54. The van der Waals surface area contributed by atoms with Crippen molar-refractivity contribution in [2.45, 2.75) is 26.1 Å². The Morgan fingerprint density at radius 1 is 1.42 bits per heavy atom. The van der Waals surface area contributed by atoms with E-state index in [2.05, 4.69) is 10.6 Å². The minimum absolute atomic E-state index is 0.0680. The number of carbonyl (C=O) groups is 2. The molecule has 0 saturated heterocycles. The summed E-state index contributed by atoms with van der Waals surface area (Å²) < 4.78 is 10.1. The van der Waals surface area contributed by atoms with Crippen molar-refractivity contribution in [3.63, 3.8) is 0 Å². The van der Waals surface area contributed by atoms with Crippen LogP contribution in [-0.2, 0) is 17.7 Å². The molecule has 164 valence electrons. The average Bonchev–Trinajstić information content (AvgIpc) is 3.11. The molecule has 11 nitrogen and oxygen atoms in total. The van der Waals surface area contributed by atoms with Gasteiger partial charge in [0.25, 0.3) is 5.91 Å². The van der Waals surface area contributed by atoms with E-state index in [1.54, 1.807) is 11.8 Å². The molecule has 0 unspecified atom stereocenters. The van der Waals surface area contributed by atoms with Crippen molar-refractivity contribution in [3.05, 3.63) is 43.8 Å². The summed E-state index contributed by atoms with van der Waals surface area (Å²) in [6, 6.07) is 2.62. The van der Waals surface area contributed by atoms with E-state index in [1.165, 1.54) is 30.6 Å². The number of fused-ring (bicyclic) bond motifs is 3. The number of hydrogen-bond acceptors (Lipinski definition) is 9. The fourth-order valence-electron chi connectivity index (χ4n) is 3.73. The molecule has 4 rings (SSSR count). The van der Waals surface area contributed by atoms with Crippen LogP contribution in [0.5, 0.6) is 11.5 Å². The van der Waals surface area contributed by atoms with Crippen molar-refractivity contribution in [3.8, 4) is 11.5 Å². The Bertz CT molecular complexity index is 1080. The third-order valence-electron chi connectivity index (χ3n) is 5.19. The molecular weight excluding hydrogens is 428 g/mol. The lowest BCUT2D eigenvalue weighted by Crippen LogP contribution is -2.39. The van der Waals surface area contributed by atoms with Crippen LogP contribution in [0.2, 0.25) is 0 Å². The van der Waals surface area contributed by atoms with Crippen molar-refractivity contribution < 1.29 is 29.1 Å². The molecule has 2 amide bonds. The predicted molar refractivity (Wildman–Crippen MR) is 111 cm³/mol. The number of nitrogens with zero attached hydrogens (tertiary/aromatic N) is 2. The number of ether oxygens (including phenoxy) is 2. The molecule has 0 spiro atoms. The first-order chi connectivity index (χ1) is 14.8. The first-order valence-corrected chi connectivity index (χ1v) is 10.3. The van der Waals surface area contributed by atoms with Crippen molar-refractivity contribution in [1.29, 1.82) is 0 Å². The molecule has 31 heavy (non-hydrogen) atoms. The van der Waals surface area contributed by atoms with Crippen LogP contribution in [0.3, 0.4) is 0 Å². The second-order valence-electron chi connectivity index (χ2n) is 6.98. The second-order valence-corrected chi connectivity index (χ2v) is 8.08. The maximum absolute atomic E-state index is 12.9. The van der Waals surface area contributed by atoms with E-state index in [9.17, 15) is 24.8 Å². The van der Waals surface area contributed by atoms with Crippen molar-refractivity contribution in [1.82, 2.24) is 10.2 Å². The summed E-state index contributed by atoms with van der Waals surface area (Å²) in [6.07, 6.45) is -0.620. The summed E-state index contributed by atoms with van der Waals surface area (Å²) in [5, 5.41) is 27.9. The highest BCUT2D eigenvalue weighted by Crippen LogP contribution is 2.43. The van der Waals surface area contributed by atoms with Crippen LogP contribution in [0.15, 0.2) is 12.1 Å². The lowest BCUT2D eigenvalue weighted by molar-refractivity contribution is -0.386. The number of carbonyl (C=O) groups excluding carboxylic acids is 2. The summed E-state index contributed by atoms with van der Waals surface area (Å²) >= 11 is 1.37. The van der Waals surface area contributed by atoms with Crippen LogP contribution in [0.25, 0.3) is 0 Å². The van der Waals surface area contributed by atoms with Gasteiger partial charge in [-0.15, -0.1) is 11.3 Å². The monoisotopic (exact) mass is 448 g/mol. The lowest BCUT2D eigenvalue weighted by atomic mass is 10.0. The Labute approximate surface area is 180 Å². The van der Waals surface area contributed by atoms with Gasteiger partial charge in [-0.05, 0) is 25.0 Å². The lowest BCUT2D eigenvalue weighted by Gasteiger charge is -2.28. The highest BCUT2D eigenvalue weighted by atomic mass is 32.1. The van der Waals surface area contributed by atoms with Crippen molar-refractivity contribution >= 4 is 34.0 Å². The van der Waals surface area contributed by atoms with E-state index in [1.807, 2.05) is 0 Å². The SMILES string of the molecule is CCOC(=O)N1CCc2c(sc3c2C(=O)N[C@H](c2cc(OC)c(O)c([N+](=O)[O-])c2)N3)C1. The summed E-state index contributed by atoms with van der Waals surface area (Å²) in [6.45, 7) is 2.84. The zero-order valence-electron chi connectivity index (χ0n) is 16.8. The number of nitro benzene ring substituents is 1. The standard InChI is InChI=1S/C19H20N4O7S/c1-3-30-19(26)22-5-4-10-13(8-22)31-18-14(10)17(25)20-16(21-18)9-6-11(23(27)28)15(24)12(7-9)29-2/h6-7,16,21,24H,3-5,8H2,1-2H3,(H,20,25)/t16-/m0/s1. The van der Waals surface area contributed by atoms with E-state index in [-0.39, 0.29) is 18.3 Å². The van der Waals surface area contributed by atoms with Gasteiger partial charge in [0.05, 0.1) is 30.7 Å². The number of hydrogen-bond donors (Lipinski definition) is 3. The zero-order valence-corrected chi connectivity index (χ0v) is 17.6. The van der Waals surface area contributed by atoms with Gasteiger partial charge in [0.2, 0.25) is 5.75 Å². The van der Waals surface area contributed by atoms with Crippen molar-refractivity contribution in [2.75, 3.05) is 25.6 Å². The summed E-state index contributed by atoms with van der Waals surface area (Å²) in [7, 11) is 1.29. The summed E-state index contributed by atoms with van der Waals surface area (Å²) in [5.74, 6) is -0.957. The fraction of sp³-hybridized carbons (Fsp3) is 0.368. The Morgan fingerprint density at radius 3 is 2.87 bits per heavy atom. The molecule has 0 aliphatic carbocycles. The maximum atomic E-state index is 12.9. The number of methoxy groups -OCH3 is 1. The van der Waals surface area contributed by atoms with Gasteiger partial charge in [-0.3, -0.25) is 14.9 Å². The molecule has 1 aromatic carbocycles. The quantitative estimate of drug-likeness (QED) is 0.478. The second kappa shape index (κ2) is 7.95. The number of nitro groups is 1. The number of phenols is 1. The number of thiophene rings is 1. The van der Waals surface area contributed by atoms with E-state index >= 15 is 0 Å². The topological polar surface area (TPSA) is 143 Å². The highest BCUT2D eigenvalue weighted by molar-refractivity contribution is 7.16. The molecule has 0 radical (unpaired) electrons. The van der Waals surface area contributed by atoms with Gasteiger partial charge in [0.15, 0.2) is 5.75 Å². The molecule has 0 fully saturated rings. The van der Waals surface area contributed by atoms with Crippen LogP contribution in [0.1, 0.15) is 39.5 Å². The Balaban J connectivity index is 1.65. The minimum Gasteiger partial charge on any atom is -0.500 e. The number of amides is 2. The number of benzene rings is 1. The number of nitrogens with one attached hydrogen (secondary N) is 2. The van der Waals surface area contributed by atoms with Gasteiger partial charge in [0, 0.05) is 23.1 Å². The smallest absolute Gasteiger partial charge is 0.410 e. The van der Waals surface area contributed by atoms with Crippen LogP contribution >= 0.6 is 11.3 Å². The van der Waals surface area contributed by atoms with E-state index < -0.39 is 28.6 Å². The van der Waals surface area contributed by atoms with Crippen LogP contribution < -0.4 is 15.4 Å². The largest absolute Gasteiger partial charge is 0.500 e. The van der Waals surface area contributed by atoms with Crippen LogP contribution in [0, 0.1) is 10.1 Å². The minimum atomic E-state index is -0.755. The van der Waals surface area contributed by atoms with Crippen LogP contribution in [-0.4, -0.2) is 47.2 Å². The van der Waals surface area contributed by atoms with Gasteiger partial charge in [-0.2, -0.15) is 0 Å². The molecule has 0 bridgehead atoms. The van der Waals surface area contributed by atoms with Gasteiger partial charge in [0.1, 0.15) is 11.2 Å². The van der Waals surface area contributed by atoms with E-state index in [4.69, 9.17) is 9.47 Å². The van der Waals surface area contributed by atoms with Crippen LogP contribution in [0.4, 0.5) is 15.5 Å². The third kappa shape index (κ3) is 3.58. The summed E-state index contributed by atoms with van der Waals surface area (Å²) in [5.41, 5.74) is 1.25. The van der Waals surface area contributed by atoms with E-state index in [0.29, 0.717) is 35.6 Å². The maximum Gasteiger partial charge on any atom is 0.410 e. The van der Waals surface area contributed by atoms with Crippen molar-refractivity contribution in [2.24, 2.45) is 0 Å². The van der Waals surface area contributed by atoms with Gasteiger partial charge in [-0.25, -0.2) is 4.79 Å². The fourth-order valence-corrected chi connectivity index (χ4v) is 5.02. The number of phenolic OH excluding ortho intramolecular Hbond substituents is 1. The molecule has 2 aromatic rings. The number of aromatic hydroxyl groups is 1. The first kappa shape index (κ1) is 20.7. The predicted octanol–water partition coefficient (Wildman–Crippen LogP) is 2.74. The Morgan fingerprint density at radius 2 is 2.19 bits per heavy atom. The number of anilines is 1. The molecule has 0 saturated carbocycles. The third-order valence-corrected chi connectivity index (χ3v) is 6.34. The molecule has 2 aliphatic rings. The van der Waals surface area contributed by atoms with Gasteiger partial charge >= 0.3 is 11.8 Å². The summed E-state index contributed by atoms with van der Waals surface area (Å²) in [4.78, 5) is 38.0. The Kier molecular flexibility index (Phi) is 5.31. The van der Waals surface area contributed by atoms with Gasteiger partial charge < -0.3 is 30.1 Å². The zero-order chi connectivity index (χ0) is 22.3. The highest BCUT2D eigenvalue weighted by Gasteiger charge is 2.35. The molecule has 2 aliphatic heterocycles. The molecule has 1 atom stereocenters. The molecule has 3 N–H and O–H groups in total. The molecule has 1 aromatic heterocycles. The number of rotatable bonds is 4. The van der Waals surface area contributed by atoms with E-state index in [0.717, 1.165) is 10.4 Å². The van der Waals surface area contributed by atoms with Gasteiger partial charge in [-0.1, -0.05) is 0 Å². The molecule has 12 heteroatoms. The molecular formula is C19H20N4O7S. The normalized spacial score (nSPS) is 17.2. The average molecular weight is 448 g/mol. The first-order valence-electron chi connectivity index (χ1n) is 9.53.